The Balaban J connectivity index is 2.34. The van der Waals surface area contributed by atoms with Crippen molar-refractivity contribution >= 4 is 51.3 Å². The predicted molar refractivity (Wildman–Crippen MR) is 99.8 cm³/mol. The van der Waals surface area contributed by atoms with Crippen LogP contribution in [0, 0.1) is 0 Å². The van der Waals surface area contributed by atoms with Crippen molar-refractivity contribution in [1.29, 1.82) is 0 Å². The van der Waals surface area contributed by atoms with Gasteiger partial charge in [-0.3, -0.25) is 4.40 Å². The van der Waals surface area contributed by atoms with Crippen LogP contribution in [0.5, 0.6) is 0 Å². The number of halogens is 4. The van der Waals surface area contributed by atoms with Crippen LogP contribution in [-0.4, -0.2) is 35.0 Å². The molecule has 0 aliphatic carbocycles. The normalized spacial score (nSPS) is 12.8. The van der Waals surface area contributed by atoms with E-state index in [1.165, 1.54) is 11.8 Å². The lowest BCUT2D eigenvalue weighted by Gasteiger charge is -2.13. The average molecular weight is 481 g/mol. The number of aromatic nitrogens is 4. The van der Waals surface area contributed by atoms with E-state index in [-0.39, 0.29) is 10.9 Å². The van der Waals surface area contributed by atoms with Gasteiger partial charge in [-0.2, -0.15) is 13.2 Å². The first-order valence-electron chi connectivity index (χ1n) is 7.45. The van der Waals surface area contributed by atoms with Crippen LogP contribution >= 0.6 is 34.6 Å². The molecule has 5 nitrogen and oxygen atoms in total. The zero-order valence-corrected chi connectivity index (χ0v) is 16.6. The summed E-state index contributed by atoms with van der Waals surface area (Å²) >= 11 is 3.50. The summed E-state index contributed by atoms with van der Waals surface area (Å²) in [7, 11) is 1.89. The van der Waals surface area contributed by atoms with Crippen LogP contribution < -0.4 is 0 Å². The summed E-state index contributed by atoms with van der Waals surface area (Å²) < 4.78 is 43.3. The fraction of sp³-hybridized carbons (Fsp3) is 0.400. The number of nitrogens with zero attached hydrogens (tertiary/aromatic N) is 5. The molecule has 0 saturated carbocycles. The Kier molecular flexibility index (Phi) is 5.13. The van der Waals surface area contributed by atoms with Crippen molar-refractivity contribution in [3.05, 3.63) is 29.6 Å². The predicted octanol–water partition coefficient (Wildman–Crippen LogP) is 4.58. The third-order valence-corrected chi connectivity index (χ3v) is 4.67. The Labute approximate surface area is 160 Å². The molecular formula is C15H15F3IN5S. The largest absolute Gasteiger partial charge is 0.452 e. The first-order chi connectivity index (χ1) is 11.7. The Morgan fingerprint density at radius 2 is 2.00 bits per heavy atom. The lowest BCUT2D eigenvalue weighted by Crippen LogP contribution is -2.12. The van der Waals surface area contributed by atoms with Gasteiger partial charge in [-0.1, -0.05) is 31.7 Å². The molecule has 3 rings (SSSR count). The van der Waals surface area contributed by atoms with Gasteiger partial charge in [0.05, 0.1) is 11.0 Å². The van der Waals surface area contributed by atoms with Crippen LogP contribution in [0.3, 0.4) is 0 Å². The molecule has 0 saturated heterocycles. The van der Waals surface area contributed by atoms with Gasteiger partial charge in [0.2, 0.25) is 5.82 Å². The van der Waals surface area contributed by atoms with Gasteiger partial charge in [-0.05, 0) is 24.7 Å². The molecule has 0 atom stereocenters. The van der Waals surface area contributed by atoms with Crippen molar-refractivity contribution in [3.63, 3.8) is 0 Å². The second-order valence-electron chi connectivity index (χ2n) is 5.85. The van der Waals surface area contributed by atoms with E-state index in [2.05, 4.69) is 38.0 Å². The molecule has 2 aromatic heterocycles. The van der Waals surface area contributed by atoms with E-state index in [9.17, 15) is 13.2 Å². The SMILES string of the molecule is CC(C)Sc1nc2ccc(CN(C)I)cc2n2c(C(F)(F)F)nnc12. The summed E-state index contributed by atoms with van der Waals surface area (Å²) in [6.45, 7) is 4.50. The topological polar surface area (TPSA) is 46.3 Å². The molecule has 0 N–H and O–H groups in total. The van der Waals surface area contributed by atoms with Crippen LogP contribution in [0.4, 0.5) is 13.2 Å². The molecule has 2 heterocycles. The molecular weight excluding hydrogens is 466 g/mol. The van der Waals surface area contributed by atoms with Gasteiger partial charge in [-0.15, -0.1) is 10.2 Å². The zero-order valence-electron chi connectivity index (χ0n) is 13.7. The summed E-state index contributed by atoms with van der Waals surface area (Å²) in [6.07, 6.45) is -4.59. The summed E-state index contributed by atoms with van der Waals surface area (Å²) in [5.74, 6) is -1.03. The summed E-state index contributed by atoms with van der Waals surface area (Å²) in [6, 6.07) is 5.33. The Bertz CT molecular complexity index is 923. The fourth-order valence-corrected chi connectivity index (χ4v) is 3.72. The Morgan fingerprint density at radius 3 is 2.60 bits per heavy atom. The van der Waals surface area contributed by atoms with E-state index in [0.717, 1.165) is 9.96 Å². The summed E-state index contributed by atoms with van der Waals surface area (Å²) in [5.41, 5.74) is 1.87. The third-order valence-electron chi connectivity index (χ3n) is 3.36. The van der Waals surface area contributed by atoms with Crippen LogP contribution in [0.25, 0.3) is 16.7 Å². The van der Waals surface area contributed by atoms with Crippen molar-refractivity contribution in [3.8, 4) is 0 Å². The lowest BCUT2D eigenvalue weighted by molar-refractivity contribution is -0.145. The van der Waals surface area contributed by atoms with Gasteiger partial charge in [0, 0.05) is 34.7 Å². The number of hydrogen-bond acceptors (Lipinski definition) is 5. The molecule has 0 radical (unpaired) electrons. The molecule has 0 aliphatic heterocycles. The molecule has 0 fully saturated rings. The molecule has 25 heavy (non-hydrogen) atoms. The smallest absolute Gasteiger partial charge is 0.267 e. The van der Waals surface area contributed by atoms with Gasteiger partial charge in [0.15, 0.2) is 5.65 Å². The Morgan fingerprint density at radius 1 is 1.28 bits per heavy atom. The molecule has 0 amide bonds. The van der Waals surface area contributed by atoms with E-state index in [1.807, 2.05) is 30.1 Å². The quantitative estimate of drug-likeness (QED) is 0.310. The molecule has 0 spiro atoms. The van der Waals surface area contributed by atoms with Crippen LogP contribution in [0.1, 0.15) is 25.2 Å². The minimum atomic E-state index is -4.59. The van der Waals surface area contributed by atoms with Crippen molar-refractivity contribution in [2.45, 2.75) is 36.8 Å². The number of rotatable bonds is 4. The first-order valence-corrected chi connectivity index (χ1v) is 9.30. The highest BCUT2D eigenvalue weighted by Gasteiger charge is 2.38. The van der Waals surface area contributed by atoms with E-state index in [1.54, 1.807) is 12.1 Å². The zero-order chi connectivity index (χ0) is 18.4. The molecule has 0 bridgehead atoms. The molecule has 134 valence electrons. The standard InChI is InChI=1S/C15H15F3IN5S/c1-8(2)25-13-12-21-22-14(15(16,17)18)24(12)11-6-9(7-23(3)19)4-5-10(11)20-13/h4-6,8H,7H2,1-3H3. The minimum absolute atomic E-state index is 0.138. The highest BCUT2D eigenvalue weighted by molar-refractivity contribution is 14.1. The number of hydrogen-bond donors (Lipinski definition) is 0. The summed E-state index contributed by atoms with van der Waals surface area (Å²) in [5, 5.41) is 7.78. The van der Waals surface area contributed by atoms with E-state index in [4.69, 9.17) is 0 Å². The van der Waals surface area contributed by atoms with Crippen LogP contribution in [-0.2, 0) is 12.7 Å². The fourth-order valence-electron chi connectivity index (χ4n) is 2.49. The first kappa shape index (κ1) is 18.6. The van der Waals surface area contributed by atoms with E-state index < -0.39 is 12.0 Å². The number of alkyl halides is 3. The van der Waals surface area contributed by atoms with E-state index >= 15 is 0 Å². The second-order valence-corrected chi connectivity index (χ2v) is 9.06. The van der Waals surface area contributed by atoms with Gasteiger partial charge < -0.3 is 0 Å². The Hall–Kier alpha value is -1.14. The molecule has 3 aromatic rings. The maximum Gasteiger partial charge on any atom is 0.452 e. The maximum atomic E-state index is 13.4. The van der Waals surface area contributed by atoms with Crippen molar-refractivity contribution in [2.75, 3.05) is 7.05 Å². The number of benzene rings is 1. The maximum absolute atomic E-state index is 13.4. The lowest BCUT2D eigenvalue weighted by atomic mass is 10.2. The van der Waals surface area contributed by atoms with E-state index in [0.29, 0.717) is 22.6 Å². The number of thioether (sulfide) groups is 1. The number of fused-ring (bicyclic) bond motifs is 3. The second kappa shape index (κ2) is 6.88. The van der Waals surface area contributed by atoms with Gasteiger partial charge in [-0.25, -0.2) is 8.10 Å². The molecule has 1 aromatic carbocycles. The molecule has 10 heteroatoms. The van der Waals surface area contributed by atoms with Crippen LogP contribution in [0.2, 0.25) is 0 Å². The van der Waals surface area contributed by atoms with Gasteiger partial charge in [0.1, 0.15) is 5.03 Å². The van der Waals surface area contributed by atoms with Crippen LogP contribution in [0.15, 0.2) is 23.2 Å². The van der Waals surface area contributed by atoms with Crippen molar-refractivity contribution < 1.29 is 13.2 Å². The van der Waals surface area contributed by atoms with Crippen molar-refractivity contribution in [1.82, 2.24) is 22.7 Å². The van der Waals surface area contributed by atoms with Gasteiger partial charge >= 0.3 is 6.18 Å². The minimum Gasteiger partial charge on any atom is -0.267 e. The third kappa shape index (κ3) is 3.85. The molecule has 0 aliphatic rings. The summed E-state index contributed by atoms with van der Waals surface area (Å²) in [4.78, 5) is 4.52. The van der Waals surface area contributed by atoms with Crippen molar-refractivity contribution in [2.24, 2.45) is 0 Å². The highest BCUT2D eigenvalue weighted by Crippen LogP contribution is 2.34. The average Bonchev–Trinajstić information content (AvgIpc) is 2.92. The molecule has 0 unspecified atom stereocenters. The highest BCUT2D eigenvalue weighted by atomic mass is 127. The van der Waals surface area contributed by atoms with Gasteiger partial charge in [0.25, 0.3) is 0 Å². The monoisotopic (exact) mass is 481 g/mol.